The first-order chi connectivity index (χ1) is 7.83. The zero-order chi connectivity index (χ0) is 11.6. The van der Waals surface area contributed by atoms with Gasteiger partial charge in [-0.2, -0.15) is 0 Å². The number of halogens is 1. The van der Waals surface area contributed by atoms with Gasteiger partial charge in [0, 0.05) is 17.6 Å². The normalized spacial score (nSPS) is 10.6. The van der Waals surface area contributed by atoms with Crippen molar-refractivity contribution >= 4 is 15.9 Å². The Morgan fingerprint density at radius 3 is 2.69 bits per heavy atom. The predicted octanol–water partition coefficient (Wildman–Crippen LogP) is 1.51. The van der Waals surface area contributed by atoms with Gasteiger partial charge in [-0.15, -0.1) is 0 Å². The Kier molecular flexibility index (Phi) is 7.42. The number of hydrogen-bond donors (Lipinski definition) is 3. The van der Waals surface area contributed by atoms with Crippen LogP contribution in [0.25, 0.3) is 0 Å². The van der Waals surface area contributed by atoms with Gasteiger partial charge in [-0.25, -0.2) is 0 Å². The van der Waals surface area contributed by atoms with E-state index in [0.717, 1.165) is 30.5 Å². The smallest absolute Gasteiger partial charge is 0.0555 e. The molecule has 1 aromatic rings. The minimum atomic E-state index is 0.214. The van der Waals surface area contributed by atoms with Gasteiger partial charge in [0.1, 0.15) is 0 Å². The maximum atomic E-state index is 8.56. The van der Waals surface area contributed by atoms with Gasteiger partial charge >= 0.3 is 0 Å². The average Bonchev–Trinajstić information content (AvgIpc) is 2.28. The molecule has 3 nitrogen and oxygen atoms in total. The van der Waals surface area contributed by atoms with Gasteiger partial charge in [-0.05, 0) is 37.2 Å². The summed E-state index contributed by atoms with van der Waals surface area (Å²) in [5, 5.41) is 15.1. The summed E-state index contributed by atoms with van der Waals surface area (Å²) in [7, 11) is 0. The molecule has 0 heterocycles. The van der Waals surface area contributed by atoms with Crippen molar-refractivity contribution in [2.24, 2.45) is 0 Å². The third-order valence-electron chi connectivity index (χ3n) is 2.21. The lowest BCUT2D eigenvalue weighted by atomic mass is 10.2. The Hall–Kier alpha value is -0.420. The van der Waals surface area contributed by atoms with Crippen molar-refractivity contribution in [2.75, 3.05) is 26.2 Å². The quantitative estimate of drug-likeness (QED) is 0.635. The Balaban J connectivity index is 2.03. The molecule has 1 aromatic carbocycles. The van der Waals surface area contributed by atoms with E-state index in [2.05, 4.69) is 38.7 Å². The molecule has 0 fully saturated rings. The molecule has 0 amide bonds. The molecular weight excluding hydrogens is 268 g/mol. The van der Waals surface area contributed by atoms with Gasteiger partial charge in [0.05, 0.1) is 6.61 Å². The zero-order valence-electron chi connectivity index (χ0n) is 9.38. The third kappa shape index (κ3) is 6.23. The summed E-state index contributed by atoms with van der Waals surface area (Å²) in [6.07, 6.45) is 1.08. The van der Waals surface area contributed by atoms with Gasteiger partial charge in [-0.1, -0.05) is 28.1 Å². The number of aliphatic hydroxyl groups excluding tert-OH is 1. The number of aliphatic hydroxyl groups is 1. The van der Waals surface area contributed by atoms with Crippen LogP contribution in [-0.4, -0.2) is 31.3 Å². The molecule has 1 rings (SSSR count). The van der Waals surface area contributed by atoms with E-state index < -0.39 is 0 Å². The first kappa shape index (κ1) is 13.6. The Bertz CT molecular complexity index is 294. The molecule has 0 aliphatic rings. The van der Waals surface area contributed by atoms with E-state index in [1.54, 1.807) is 0 Å². The summed E-state index contributed by atoms with van der Waals surface area (Å²) in [4.78, 5) is 0. The van der Waals surface area contributed by atoms with Gasteiger partial charge in [0.2, 0.25) is 0 Å². The fraction of sp³-hybridized carbons (Fsp3) is 0.500. The molecule has 0 aliphatic carbocycles. The summed E-state index contributed by atoms with van der Waals surface area (Å²) in [6, 6.07) is 8.31. The molecule has 0 unspecified atom stereocenters. The lowest BCUT2D eigenvalue weighted by molar-refractivity contribution is 0.292. The van der Waals surface area contributed by atoms with Crippen molar-refractivity contribution in [1.29, 1.82) is 0 Å². The largest absolute Gasteiger partial charge is 0.395 e. The molecule has 0 saturated carbocycles. The van der Waals surface area contributed by atoms with Crippen LogP contribution in [0.15, 0.2) is 28.7 Å². The van der Waals surface area contributed by atoms with E-state index in [-0.39, 0.29) is 6.61 Å². The number of benzene rings is 1. The highest BCUT2D eigenvalue weighted by Gasteiger charge is 1.93. The second-order valence-corrected chi connectivity index (χ2v) is 4.55. The summed E-state index contributed by atoms with van der Waals surface area (Å²) in [5.41, 5.74) is 1.29. The van der Waals surface area contributed by atoms with Crippen LogP contribution in [0.2, 0.25) is 0 Å². The minimum Gasteiger partial charge on any atom is -0.395 e. The monoisotopic (exact) mass is 286 g/mol. The van der Waals surface area contributed by atoms with Gasteiger partial charge < -0.3 is 15.7 Å². The third-order valence-corrected chi connectivity index (χ3v) is 2.71. The molecule has 0 aliphatic heterocycles. The fourth-order valence-electron chi connectivity index (χ4n) is 1.42. The van der Waals surface area contributed by atoms with Crippen molar-refractivity contribution in [1.82, 2.24) is 10.6 Å². The molecule has 0 saturated heterocycles. The summed E-state index contributed by atoms with van der Waals surface area (Å²) in [6.45, 7) is 3.74. The molecule has 0 aromatic heterocycles. The van der Waals surface area contributed by atoms with Gasteiger partial charge in [0.25, 0.3) is 0 Å². The van der Waals surface area contributed by atoms with Crippen molar-refractivity contribution in [2.45, 2.75) is 13.0 Å². The van der Waals surface area contributed by atoms with Crippen LogP contribution in [0, 0.1) is 0 Å². The Morgan fingerprint density at radius 1 is 1.12 bits per heavy atom. The number of nitrogens with one attached hydrogen (secondary N) is 2. The highest BCUT2D eigenvalue weighted by atomic mass is 79.9. The molecule has 0 spiro atoms. The van der Waals surface area contributed by atoms with E-state index in [1.165, 1.54) is 5.56 Å². The highest BCUT2D eigenvalue weighted by molar-refractivity contribution is 9.10. The van der Waals surface area contributed by atoms with E-state index in [9.17, 15) is 0 Å². The predicted molar refractivity (Wildman–Crippen MR) is 70.4 cm³/mol. The minimum absolute atomic E-state index is 0.214. The molecule has 0 atom stereocenters. The topological polar surface area (TPSA) is 44.3 Å². The first-order valence-corrected chi connectivity index (χ1v) is 6.39. The number of hydrogen-bond acceptors (Lipinski definition) is 3. The lowest BCUT2D eigenvalue weighted by Gasteiger charge is -2.06. The van der Waals surface area contributed by atoms with Crippen LogP contribution in [0.3, 0.4) is 0 Å². The van der Waals surface area contributed by atoms with Gasteiger partial charge in [-0.3, -0.25) is 0 Å². The molecule has 4 heteroatoms. The summed E-state index contributed by atoms with van der Waals surface area (Å²) < 4.78 is 1.12. The van der Waals surface area contributed by atoms with Crippen LogP contribution in [-0.2, 0) is 6.54 Å². The van der Waals surface area contributed by atoms with Crippen molar-refractivity contribution in [3.8, 4) is 0 Å². The molecular formula is C12H19BrN2O. The van der Waals surface area contributed by atoms with Crippen LogP contribution in [0.1, 0.15) is 12.0 Å². The summed E-state index contributed by atoms with van der Waals surface area (Å²) >= 11 is 3.45. The van der Waals surface area contributed by atoms with Crippen LogP contribution in [0.5, 0.6) is 0 Å². The zero-order valence-corrected chi connectivity index (χ0v) is 11.0. The lowest BCUT2D eigenvalue weighted by Crippen LogP contribution is -2.23. The van der Waals surface area contributed by atoms with E-state index in [1.807, 2.05) is 12.1 Å². The Morgan fingerprint density at radius 2 is 1.94 bits per heavy atom. The van der Waals surface area contributed by atoms with Crippen LogP contribution >= 0.6 is 15.9 Å². The molecule has 90 valence electrons. The highest BCUT2D eigenvalue weighted by Crippen LogP contribution is 2.11. The molecule has 3 N–H and O–H groups in total. The molecule has 0 bridgehead atoms. The maximum Gasteiger partial charge on any atom is 0.0555 e. The second-order valence-electron chi connectivity index (χ2n) is 3.63. The van der Waals surface area contributed by atoms with Crippen LogP contribution in [0.4, 0.5) is 0 Å². The van der Waals surface area contributed by atoms with Crippen molar-refractivity contribution in [3.63, 3.8) is 0 Å². The van der Waals surface area contributed by atoms with Gasteiger partial charge in [0.15, 0.2) is 0 Å². The molecule has 0 radical (unpaired) electrons. The Labute approximate surface area is 105 Å². The fourth-order valence-corrected chi connectivity index (χ4v) is 1.87. The summed E-state index contributed by atoms with van der Waals surface area (Å²) in [5.74, 6) is 0. The SMILES string of the molecule is OCCNCCCNCc1cccc(Br)c1. The van der Waals surface area contributed by atoms with Crippen LogP contribution < -0.4 is 10.6 Å². The van der Waals surface area contributed by atoms with E-state index >= 15 is 0 Å². The van der Waals surface area contributed by atoms with E-state index in [4.69, 9.17) is 5.11 Å². The van der Waals surface area contributed by atoms with E-state index in [0.29, 0.717) is 6.54 Å². The first-order valence-electron chi connectivity index (χ1n) is 5.59. The number of rotatable bonds is 8. The maximum absolute atomic E-state index is 8.56. The molecule has 16 heavy (non-hydrogen) atoms. The average molecular weight is 287 g/mol. The standard InChI is InChI=1S/C12H19BrN2O/c13-12-4-1-3-11(9-12)10-15-6-2-5-14-7-8-16/h1,3-4,9,14-16H,2,5-8,10H2. The van der Waals surface area contributed by atoms with Crippen molar-refractivity contribution < 1.29 is 5.11 Å². The van der Waals surface area contributed by atoms with Crippen molar-refractivity contribution in [3.05, 3.63) is 34.3 Å². The second kappa shape index (κ2) is 8.70.